The van der Waals surface area contributed by atoms with Crippen molar-refractivity contribution in [3.8, 4) is 0 Å². The fourth-order valence-corrected chi connectivity index (χ4v) is 3.30. The van der Waals surface area contributed by atoms with Crippen molar-refractivity contribution in [2.45, 2.75) is 35.0 Å². The molecule has 0 aromatic heterocycles. The Kier molecular flexibility index (Phi) is 6.00. The summed E-state index contributed by atoms with van der Waals surface area (Å²) in [4.78, 5) is 26.6. The van der Waals surface area contributed by atoms with Gasteiger partial charge in [0.2, 0.25) is 3.79 Å². The number of allylic oxidation sites excluding steroid dienone is 1. The predicted octanol–water partition coefficient (Wildman–Crippen LogP) is 4.64. The number of hydrogen-bond acceptors (Lipinski definition) is 4. The fourth-order valence-electron chi connectivity index (χ4n) is 3.13. The first kappa shape index (κ1) is 17.7. The molecule has 8 heteroatoms. The summed E-state index contributed by atoms with van der Waals surface area (Å²) in [6.45, 7) is -1.85. The molecule has 27 heavy (non-hydrogen) atoms. The molecule has 0 bridgehead atoms. The Bertz CT molecular complexity index is 783. The minimum absolute atomic E-state index is 0.0926. The van der Waals surface area contributed by atoms with Gasteiger partial charge in [0, 0.05) is 11.1 Å². The molecule has 1 aromatic rings. The lowest BCUT2D eigenvalue weighted by Gasteiger charge is -2.43. The number of benzene rings is 1. The molecule has 5 nitrogen and oxygen atoms in total. The SMILES string of the molecule is [2H]C([2H])([2H])N(C(=O)OCC(Cl)(Cl)Cl)[C@@H]1C=CCC[C@]1(C(=O)OCC)c1ccccc1. The van der Waals surface area contributed by atoms with Gasteiger partial charge >= 0.3 is 12.1 Å². The predicted molar refractivity (Wildman–Crippen MR) is 106 cm³/mol. The number of esters is 1. The van der Waals surface area contributed by atoms with Crippen LogP contribution in [0.15, 0.2) is 42.5 Å². The fraction of sp³-hybridized carbons (Fsp3) is 0.474. The minimum atomic E-state index is -2.94. The normalized spacial score (nSPS) is 24.3. The average molecular weight is 438 g/mol. The zero-order chi connectivity index (χ0) is 22.6. The smallest absolute Gasteiger partial charge is 0.410 e. The summed E-state index contributed by atoms with van der Waals surface area (Å²) in [6.07, 6.45) is 2.72. The van der Waals surface area contributed by atoms with E-state index in [0.29, 0.717) is 16.9 Å². The molecule has 1 aromatic carbocycles. The second-order valence-electron chi connectivity index (χ2n) is 6.01. The van der Waals surface area contributed by atoms with E-state index in [2.05, 4.69) is 0 Å². The van der Waals surface area contributed by atoms with Crippen LogP contribution >= 0.6 is 34.8 Å². The number of carbonyl (C=O) groups excluding carboxylic acids is 2. The first-order valence-electron chi connectivity index (χ1n) is 9.85. The number of ether oxygens (including phenoxy) is 2. The summed E-state index contributed by atoms with van der Waals surface area (Å²) in [6, 6.07) is 7.43. The quantitative estimate of drug-likeness (QED) is 0.382. The summed E-state index contributed by atoms with van der Waals surface area (Å²) in [5, 5.41) is 0. The van der Waals surface area contributed by atoms with E-state index in [-0.39, 0.29) is 13.0 Å². The van der Waals surface area contributed by atoms with Gasteiger partial charge in [-0.3, -0.25) is 4.79 Å². The number of carbonyl (C=O) groups is 2. The highest BCUT2D eigenvalue weighted by molar-refractivity contribution is 6.67. The Labute approximate surface area is 178 Å². The number of hydrogen-bond donors (Lipinski definition) is 0. The molecular weight excluding hydrogens is 413 g/mol. The van der Waals surface area contributed by atoms with Gasteiger partial charge in [-0.1, -0.05) is 77.3 Å². The van der Waals surface area contributed by atoms with Gasteiger partial charge in [-0.25, -0.2) is 4.79 Å². The Morgan fingerprint density at radius 1 is 1.30 bits per heavy atom. The van der Waals surface area contributed by atoms with Gasteiger partial charge in [0.05, 0.1) is 12.6 Å². The van der Waals surface area contributed by atoms with Gasteiger partial charge in [0.1, 0.15) is 12.0 Å². The van der Waals surface area contributed by atoms with Crippen LogP contribution in [0.1, 0.15) is 29.4 Å². The minimum Gasteiger partial charge on any atom is -0.465 e. The Balaban J connectivity index is 2.60. The summed E-state index contributed by atoms with van der Waals surface area (Å²) in [5.74, 6) is -0.631. The second-order valence-corrected chi connectivity index (χ2v) is 8.53. The van der Waals surface area contributed by atoms with E-state index in [1.54, 1.807) is 43.3 Å². The lowest BCUT2D eigenvalue weighted by Crippen LogP contribution is -2.56. The molecule has 0 heterocycles. The molecule has 1 aliphatic carbocycles. The van der Waals surface area contributed by atoms with Crippen molar-refractivity contribution >= 4 is 46.9 Å². The number of halogens is 3. The standard InChI is InChI=1S/C19H22Cl3NO4/c1-3-26-16(24)18(14-9-5-4-6-10-14)12-8-7-11-15(18)23(2)17(25)27-13-19(20,21)22/h4-7,9-11,15H,3,8,12-13H2,1-2H3/t15-,18+/m1/s1/i2D3. The van der Waals surface area contributed by atoms with Crippen molar-refractivity contribution in [1.29, 1.82) is 0 Å². The van der Waals surface area contributed by atoms with Crippen molar-refractivity contribution in [1.82, 2.24) is 4.90 Å². The Morgan fingerprint density at radius 3 is 2.59 bits per heavy atom. The second kappa shape index (κ2) is 9.18. The van der Waals surface area contributed by atoms with Gasteiger partial charge in [0.25, 0.3) is 0 Å². The summed E-state index contributed by atoms with van der Waals surface area (Å²) >= 11 is 16.9. The number of likely N-dealkylation sites (N-methyl/N-ethyl adjacent to an activating group) is 1. The summed E-state index contributed by atoms with van der Waals surface area (Å²) in [5.41, 5.74) is -0.916. The third-order valence-electron chi connectivity index (χ3n) is 4.29. The van der Waals surface area contributed by atoms with Crippen LogP contribution in [0.4, 0.5) is 4.79 Å². The van der Waals surface area contributed by atoms with Crippen molar-refractivity contribution in [3.63, 3.8) is 0 Å². The molecule has 1 aliphatic rings. The van der Waals surface area contributed by atoms with Crippen molar-refractivity contribution in [2.24, 2.45) is 0 Å². The Hall–Kier alpha value is -1.43. The molecule has 2 atom stereocenters. The van der Waals surface area contributed by atoms with Gasteiger partial charge in [-0.05, 0) is 25.3 Å². The van der Waals surface area contributed by atoms with Crippen LogP contribution in [0.3, 0.4) is 0 Å². The first-order valence-corrected chi connectivity index (χ1v) is 9.49. The van der Waals surface area contributed by atoms with E-state index in [1.165, 1.54) is 6.08 Å². The molecule has 0 aliphatic heterocycles. The van der Waals surface area contributed by atoms with Crippen LogP contribution in [0.25, 0.3) is 0 Å². The Morgan fingerprint density at radius 2 is 2.00 bits per heavy atom. The van der Waals surface area contributed by atoms with Crippen LogP contribution in [0, 0.1) is 0 Å². The van der Waals surface area contributed by atoms with E-state index in [1.807, 2.05) is 0 Å². The molecule has 148 valence electrons. The number of rotatable bonds is 5. The van der Waals surface area contributed by atoms with E-state index in [0.717, 1.165) is 0 Å². The maximum absolute atomic E-state index is 13.2. The molecule has 0 spiro atoms. The van der Waals surface area contributed by atoms with Crippen LogP contribution in [0.5, 0.6) is 0 Å². The highest BCUT2D eigenvalue weighted by Crippen LogP contribution is 2.40. The highest BCUT2D eigenvalue weighted by atomic mass is 35.6. The third kappa shape index (κ3) is 5.09. The highest BCUT2D eigenvalue weighted by Gasteiger charge is 2.51. The van der Waals surface area contributed by atoms with E-state index < -0.39 is 40.9 Å². The zero-order valence-electron chi connectivity index (χ0n) is 17.7. The van der Waals surface area contributed by atoms with Crippen molar-refractivity contribution < 1.29 is 23.2 Å². The maximum atomic E-state index is 13.2. The van der Waals surface area contributed by atoms with Crippen LogP contribution < -0.4 is 0 Å². The molecule has 1 amide bonds. The van der Waals surface area contributed by atoms with Gasteiger partial charge < -0.3 is 14.4 Å². The van der Waals surface area contributed by atoms with E-state index in [4.69, 9.17) is 48.4 Å². The maximum Gasteiger partial charge on any atom is 0.410 e. The van der Waals surface area contributed by atoms with Gasteiger partial charge in [-0.15, -0.1) is 0 Å². The molecule has 0 unspecified atom stereocenters. The molecule has 0 saturated carbocycles. The van der Waals surface area contributed by atoms with E-state index >= 15 is 0 Å². The first-order chi connectivity index (χ1) is 13.9. The largest absolute Gasteiger partial charge is 0.465 e. The molecule has 0 saturated heterocycles. The molecule has 2 rings (SSSR count). The number of alkyl halides is 3. The van der Waals surface area contributed by atoms with Gasteiger partial charge in [-0.2, -0.15) is 0 Å². The van der Waals surface area contributed by atoms with Gasteiger partial charge in [0.15, 0.2) is 0 Å². The number of amides is 1. The average Bonchev–Trinajstić information content (AvgIpc) is 2.66. The lowest BCUT2D eigenvalue weighted by molar-refractivity contribution is -0.152. The lowest BCUT2D eigenvalue weighted by atomic mass is 9.68. The molecule has 0 fully saturated rings. The number of nitrogens with zero attached hydrogens (tertiary/aromatic N) is 1. The summed E-state index contributed by atoms with van der Waals surface area (Å²) < 4.78 is 32.2. The van der Waals surface area contributed by atoms with Crippen LogP contribution in [-0.4, -0.2) is 47.0 Å². The topological polar surface area (TPSA) is 55.8 Å². The van der Waals surface area contributed by atoms with Crippen molar-refractivity contribution in [2.75, 3.05) is 20.2 Å². The monoisotopic (exact) mass is 436 g/mol. The molecule has 0 N–H and O–H groups in total. The van der Waals surface area contributed by atoms with Crippen LogP contribution in [-0.2, 0) is 19.7 Å². The summed E-state index contributed by atoms with van der Waals surface area (Å²) in [7, 11) is 0. The van der Waals surface area contributed by atoms with Crippen LogP contribution in [0.2, 0.25) is 0 Å². The zero-order valence-corrected chi connectivity index (χ0v) is 16.9. The third-order valence-corrected chi connectivity index (χ3v) is 4.62. The molecule has 0 radical (unpaired) electrons. The molecular formula is C19H22Cl3NO4. The van der Waals surface area contributed by atoms with Crippen molar-refractivity contribution in [3.05, 3.63) is 48.0 Å². The van der Waals surface area contributed by atoms with E-state index in [9.17, 15) is 9.59 Å².